The van der Waals surface area contributed by atoms with Gasteiger partial charge in [0.05, 0.1) is 6.61 Å². The van der Waals surface area contributed by atoms with E-state index in [4.69, 9.17) is 33.5 Å². The Kier molecular flexibility index (Phi) is 4.83. The minimum absolute atomic E-state index is 0.329. The monoisotopic (exact) mass is 389 g/mol. The van der Waals surface area contributed by atoms with Gasteiger partial charge in [0.15, 0.2) is 12.4 Å². The van der Waals surface area contributed by atoms with Gasteiger partial charge in [-0.15, -0.1) is 0 Å². The molecule has 5 unspecified atom stereocenters. The molecule has 0 radical (unpaired) electrons. The van der Waals surface area contributed by atoms with Crippen LogP contribution >= 0.6 is 8.53 Å². The van der Waals surface area contributed by atoms with E-state index in [0.717, 1.165) is 5.56 Å². The highest BCUT2D eigenvalue weighted by atomic mass is 31.2. The normalized spacial score (nSPS) is 38.0. The minimum atomic E-state index is -1.50. The molecule has 3 aliphatic heterocycles. The zero-order chi connectivity index (χ0) is 18.2. The Balaban J connectivity index is 1.36. The van der Waals surface area contributed by atoms with Crippen molar-refractivity contribution in [1.82, 2.24) is 0 Å². The van der Waals surface area contributed by atoms with Crippen LogP contribution in [0, 0.1) is 0 Å². The number of para-hydroxylation sites is 1. The first-order chi connectivity index (χ1) is 13.3. The summed E-state index contributed by atoms with van der Waals surface area (Å²) in [5.74, 6) is 0.691. The molecule has 3 aliphatic rings. The highest BCUT2D eigenvalue weighted by Gasteiger charge is 2.56. The van der Waals surface area contributed by atoms with Crippen molar-refractivity contribution in [2.45, 2.75) is 37.0 Å². The molecule has 7 atom stereocenters. The molecule has 8 heteroatoms. The summed E-state index contributed by atoms with van der Waals surface area (Å²) in [5.41, 5.74) is 6.89. The summed E-state index contributed by atoms with van der Waals surface area (Å²) in [5, 5.41) is 0. The average molecular weight is 389 g/mol. The van der Waals surface area contributed by atoms with Gasteiger partial charge in [-0.1, -0.05) is 48.5 Å². The Morgan fingerprint density at radius 3 is 2.33 bits per heavy atom. The van der Waals surface area contributed by atoms with E-state index < -0.39 is 27.2 Å². The SMILES string of the molecule is NP1O[C@@H]2C(Oc3ccccc3)OC3COC(c4ccccc4)OC3[C@@H]2O1. The fraction of sp³-hybridized carbons (Fsp3) is 0.368. The number of ether oxygens (including phenoxy) is 4. The summed E-state index contributed by atoms with van der Waals surface area (Å²) >= 11 is 0. The third-order valence-corrected chi connectivity index (χ3v) is 5.70. The summed E-state index contributed by atoms with van der Waals surface area (Å²) in [6.45, 7) is 0.369. The molecule has 7 nitrogen and oxygen atoms in total. The first-order valence-corrected chi connectivity index (χ1v) is 10.1. The second-order valence-corrected chi connectivity index (χ2v) is 7.57. The maximum Gasteiger partial charge on any atom is 0.253 e. The van der Waals surface area contributed by atoms with E-state index in [-0.39, 0.29) is 18.3 Å². The molecular weight excluding hydrogens is 369 g/mol. The van der Waals surface area contributed by atoms with Gasteiger partial charge in [0, 0.05) is 5.56 Å². The van der Waals surface area contributed by atoms with Crippen molar-refractivity contribution in [1.29, 1.82) is 0 Å². The molecule has 2 aromatic carbocycles. The van der Waals surface area contributed by atoms with E-state index in [9.17, 15) is 0 Å². The molecule has 0 bridgehead atoms. The van der Waals surface area contributed by atoms with E-state index in [0.29, 0.717) is 12.4 Å². The van der Waals surface area contributed by atoms with Gasteiger partial charge in [-0.3, -0.25) is 5.50 Å². The van der Waals surface area contributed by atoms with Crippen LogP contribution in [0.5, 0.6) is 5.75 Å². The molecular formula is C19H20NO6P. The Hall–Kier alpha value is -1.57. The van der Waals surface area contributed by atoms with Gasteiger partial charge in [-0.2, -0.15) is 0 Å². The van der Waals surface area contributed by atoms with Gasteiger partial charge in [0.25, 0.3) is 8.53 Å². The minimum Gasteiger partial charge on any atom is -0.462 e. The van der Waals surface area contributed by atoms with Crippen LogP contribution in [0.25, 0.3) is 0 Å². The van der Waals surface area contributed by atoms with E-state index in [1.54, 1.807) is 0 Å². The Morgan fingerprint density at radius 2 is 1.56 bits per heavy atom. The third-order valence-electron chi connectivity index (χ3n) is 4.80. The van der Waals surface area contributed by atoms with Crippen LogP contribution in [0.2, 0.25) is 0 Å². The molecule has 0 saturated carbocycles. The van der Waals surface area contributed by atoms with Gasteiger partial charge in [0.2, 0.25) is 6.29 Å². The van der Waals surface area contributed by atoms with Crippen molar-refractivity contribution in [2.24, 2.45) is 5.50 Å². The van der Waals surface area contributed by atoms with E-state index in [1.807, 2.05) is 60.7 Å². The lowest BCUT2D eigenvalue weighted by molar-refractivity contribution is -0.335. The third kappa shape index (κ3) is 3.48. The first kappa shape index (κ1) is 17.5. The number of rotatable bonds is 3. The molecule has 2 aromatic rings. The quantitative estimate of drug-likeness (QED) is 0.809. The standard InChI is InChI=1S/C19H20NO6P/c20-27-25-16-15-14(11-21-18(24-15)12-7-3-1-4-8-12)23-19(17(16)26-27)22-13-9-5-2-6-10-13/h1-10,14-19H,11,20H2/t14?,15?,16-,17-,18?,19?,27?/m0/s1. The van der Waals surface area contributed by atoms with Crippen molar-refractivity contribution in [3.05, 3.63) is 66.2 Å². The summed E-state index contributed by atoms with van der Waals surface area (Å²) < 4.78 is 35.8. The lowest BCUT2D eigenvalue weighted by atomic mass is 9.98. The second-order valence-electron chi connectivity index (χ2n) is 6.58. The highest BCUT2D eigenvalue weighted by Crippen LogP contribution is 2.49. The zero-order valence-corrected chi connectivity index (χ0v) is 15.3. The molecule has 0 spiro atoms. The van der Waals surface area contributed by atoms with Crippen LogP contribution in [-0.2, 0) is 23.3 Å². The van der Waals surface area contributed by atoms with Crippen molar-refractivity contribution in [3.8, 4) is 5.75 Å². The van der Waals surface area contributed by atoms with Crippen molar-refractivity contribution in [2.75, 3.05) is 6.61 Å². The van der Waals surface area contributed by atoms with Crippen molar-refractivity contribution >= 4 is 8.53 Å². The van der Waals surface area contributed by atoms with Crippen LogP contribution in [0.4, 0.5) is 0 Å². The molecule has 0 aromatic heterocycles. The molecule has 3 saturated heterocycles. The molecule has 3 heterocycles. The molecule has 0 aliphatic carbocycles. The van der Waals surface area contributed by atoms with Crippen LogP contribution in [0.1, 0.15) is 11.9 Å². The van der Waals surface area contributed by atoms with E-state index >= 15 is 0 Å². The molecule has 3 fully saturated rings. The maximum absolute atomic E-state index is 6.18. The van der Waals surface area contributed by atoms with Crippen LogP contribution in [0.15, 0.2) is 60.7 Å². The van der Waals surface area contributed by atoms with Crippen molar-refractivity contribution in [3.63, 3.8) is 0 Å². The summed E-state index contributed by atoms with van der Waals surface area (Å²) in [7, 11) is -1.50. The number of fused-ring (bicyclic) bond motifs is 3. The number of hydrogen-bond acceptors (Lipinski definition) is 7. The van der Waals surface area contributed by atoms with Gasteiger partial charge < -0.3 is 28.0 Å². The Bertz CT molecular complexity index is 765. The summed E-state index contributed by atoms with van der Waals surface area (Å²) in [4.78, 5) is 0. The highest BCUT2D eigenvalue weighted by molar-refractivity contribution is 7.44. The van der Waals surface area contributed by atoms with Gasteiger partial charge in [-0.05, 0) is 12.1 Å². The second kappa shape index (κ2) is 7.45. The average Bonchev–Trinajstić information content (AvgIpc) is 3.11. The summed E-state index contributed by atoms with van der Waals surface area (Å²) in [6, 6.07) is 19.2. The lowest BCUT2D eigenvalue weighted by Crippen LogP contribution is -2.61. The van der Waals surface area contributed by atoms with E-state index in [2.05, 4.69) is 0 Å². The predicted octanol–water partition coefficient (Wildman–Crippen LogP) is 2.87. The lowest BCUT2D eigenvalue weighted by Gasteiger charge is -2.45. The largest absolute Gasteiger partial charge is 0.462 e. The Morgan fingerprint density at radius 1 is 0.852 bits per heavy atom. The number of nitrogens with two attached hydrogens (primary N) is 1. The van der Waals surface area contributed by atoms with Crippen molar-refractivity contribution < 1.29 is 28.0 Å². The van der Waals surface area contributed by atoms with Gasteiger partial charge >= 0.3 is 0 Å². The number of benzene rings is 2. The van der Waals surface area contributed by atoms with Crippen LogP contribution in [0.3, 0.4) is 0 Å². The van der Waals surface area contributed by atoms with E-state index in [1.165, 1.54) is 0 Å². The molecule has 5 rings (SSSR count). The van der Waals surface area contributed by atoms with Crippen LogP contribution < -0.4 is 10.2 Å². The molecule has 2 N–H and O–H groups in total. The van der Waals surface area contributed by atoms with Crippen LogP contribution in [-0.4, -0.2) is 37.3 Å². The topological polar surface area (TPSA) is 81.4 Å². The summed E-state index contributed by atoms with van der Waals surface area (Å²) in [6.07, 6.45) is -2.63. The zero-order valence-electron chi connectivity index (χ0n) is 14.4. The fourth-order valence-electron chi connectivity index (χ4n) is 3.55. The molecule has 142 valence electrons. The predicted molar refractivity (Wildman–Crippen MR) is 96.6 cm³/mol. The fourth-order valence-corrected chi connectivity index (χ4v) is 4.54. The smallest absolute Gasteiger partial charge is 0.253 e. The first-order valence-electron chi connectivity index (χ1n) is 8.85. The van der Waals surface area contributed by atoms with Gasteiger partial charge in [-0.25, -0.2) is 0 Å². The maximum atomic E-state index is 6.18. The number of hydrogen-bond donors (Lipinski definition) is 1. The molecule has 27 heavy (non-hydrogen) atoms. The Labute approximate surface area is 158 Å². The molecule has 0 amide bonds. The van der Waals surface area contributed by atoms with Gasteiger partial charge in [0.1, 0.15) is 24.1 Å².